The highest BCUT2D eigenvalue weighted by Crippen LogP contribution is 2.14. The molecule has 0 aromatic carbocycles. The number of pyridine rings is 1. The second kappa shape index (κ2) is 3.78. The highest BCUT2D eigenvalue weighted by Gasteiger charge is 2.10. The molecular weight excluding hydrogens is 174 g/mol. The highest BCUT2D eigenvalue weighted by molar-refractivity contribution is 5.98. The van der Waals surface area contributed by atoms with Crippen LogP contribution in [-0.2, 0) is 0 Å². The van der Waals surface area contributed by atoms with Crippen molar-refractivity contribution in [1.29, 1.82) is 0 Å². The Morgan fingerprint density at radius 3 is 2.93 bits per heavy atom. The molecule has 0 radical (unpaired) electrons. The first kappa shape index (κ1) is 9.19. The minimum Gasteiger partial charge on any atom is -0.367 e. The SMILES string of the molecule is CC(C)c1ccnc(C2=NCCN2)c1. The summed E-state index contributed by atoms with van der Waals surface area (Å²) in [6.45, 7) is 6.16. The second-order valence-electron chi connectivity index (χ2n) is 3.79. The second-order valence-corrected chi connectivity index (χ2v) is 3.79. The van der Waals surface area contributed by atoms with Crippen LogP contribution in [0, 0.1) is 0 Å². The van der Waals surface area contributed by atoms with Crippen molar-refractivity contribution in [3.8, 4) is 0 Å². The van der Waals surface area contributed by atoms with Gasteiger partial charge in [-0.3, -0.25) is 9.98 Å². The molecule has 1 aromatic rings. The number of nitrogens with zero attached hydrogens (tertiary/aromatic N) is 2. The summed E-state index contributed by atoms with van der Waals surface area (Å²) in [5, 5.41) is 3.23. The van der Waals surface area contributed by atoms with Gasteiger partial charge in [0.2, 0.25) is 0 Å². The van der Waals surface area contributed by atoms with E-state index in [4.69, 9.17) is 0 Å². The van der Waals surface area contributed by atoms with Gasteiger partial charge in [0.25, 0.3) is 0 Å². The monoisotopic (exact) mass is 189 g/mol. The molecule has 0 fully saturated rings. The van der Waals surface area contributed by atoms with Crippen molar-refractivity contribution in [2.24, 2.45) is 4.99 Å². The summed E-state index contributed by atoms with van der Waals surface area (Å²) in [4.78, 5) is 8.66. The Bertz CT molecular complexity index is 355. The maximum Gasteiger partial charge on any atom is 0.147 e. The number of aliphatic imine (C=N–C) groups is 1. The summed E-state index contributed by atoms with van der Waals surface area (Å²) >= 11 is 0. The lowest BCUT2D eigenvalue weighted by atomic mass is 10.0. The minimum absolute atomic E-state index is 0.541. The molecule has 0 bridgehead atoms. The molecule has 0 aliphatic carbocycles. The summed E-state index contributed by atoms with van der Waals surface area (Å²) in [7, 11) is 0. The lowest BCUT2D eigenvalue weighted by Crippen LogP contribution is -2.20. The van der Waals surface area contributed by atoms with Crippen LogP contribution in [-0.4, -0.2) is 23.9 Å². The summed E-state index contributed by atoms with van der Waals surface area (Å²) in [5.74, 6) is 1.48. The predicted molar refractivity (Wildman–Crippen MR) is 57.7 cm³/mol. The van der Waals surface area contributed by atoms with Gasteiger partial charge in [-0.05, 0) is 23.6 Å². The zero-order valence-electron chi connectivity index (χ0n) is 8.62. The van der Waals surface area contributed by atoms with E-state index in [1.807, 2.05) is 6.20 Å². The number of rotatable bonds is 2. The Morgan fingerprint density at radius 1 is 1.43 bits per heavy atom. The number of hydrogen-bond acceptors (Lipinski definition) is 3. The van der Waals surface area contributed by atoms with Crippen LogP contribution in [0.3, 0.4) is 0 Å². The van der Waals surface area contributed by atoms with Crippen LogP contribution < -0.4 is 5.32 Å². The molecule has 3 heteroatoms. The minimum atomic E-state index is 0.541. The van der Waals surface area contributed by atoms with Gasteiger partial charge in [0.05, 0.1) is 6.54 Å². The smallest absolute Gasteiger partial charge is 0.147 e. The van der Waals surface area contributed by atoms with E-state index in [0.717, 1.165) is 24.6 Å². The number of hydrogen-bond donors (Lipinski definition) is 1. The molecule has 0 atom stereocenters. The third-order valence-electron chi connectivity index (χ3n) is 2.37. The maximum absolute atomic E-state index is 4.35. The molecule has 14 heavy (non-hydrogen) atoms. The summed E-state index contributed by atoms with van der Waals surface area (Å²) in [5.41, 5.74) is 2.28. The zero-order valence-corrected chi connectivity index (χ0v) is 8.62. The zero-order chi connectivity index (χ0) is 9.97. The quantitative estimate of drug-likeness (QED) is 0.766. The van der Waals surface area contributed by atoms with E-state index in [9.17, 15) is 0 Å². The molecule has 0 saturated carbocycles. The van der Waals surface area contributed by atoms with Crippen molar-refractivity contribution in [3.63, 3.8) is 0 Å². The Morgan fingerprint density at radius 2 is 2.29 bits per heavy atom. The normalized spacial score (nSPS) is 15.5. The predicted octanol–water partition coefficient (Wildman–Crippen LogP) is 1.55. The molecule has 74 valence electrons. The van der Waals surface area contributed by atoms with E-state index >= 15 is 0 Å². The van der Waals surface area contributed by atoms with Crippen LogP contribution in [0.15, 0.2) is 23.3 Å². The Labute approximate surface area is 84.3 Å². The molecule has 0 saturated heterocycles. The van der Waals surface area contributed by atoms with Gasteiger partial charge in [-0.25, -0.2) is 0 Å². The van der Waals surface area contributed by atoms with E-state index in [-0.39, 0.29) is 0 Å². The average Bonchev–Trinajstić information content (AvgIpc) is 2.71. The van der Waals surface area contributed by atoms with Crippen LogP contribution in [0.4, 0.5) is 0 Å². The molecule has 1 aliphatic heterocycles. The molecular formula is C11H15N3. The van der Waals surface area contributed by atoms with Crippen LogP contribution in [0.2, 0.25) is 0 Å². The topological polar surface area (TPSA) is 37.3 Å². The molecule has 0 amide bonds. The van der Waals surface area contributed by atoms with Gasteiger partial charge in [0.1, 0.15) is 11.5 Å². The fourth-order valence-corrected chi connectivity index (χ4v) is 1.50. The van der Waals surface area contributed by atoms with E-state index < -0.39 is 0 Å². The molecule has 1 aromatic heterocycles. The fraction of sp³-hybridized carbons (Fsp3) is 0.455. The Hall–Kier alpha value is -1.38. The van der Waals surface area contributed by atoms with Crippen LogP contribution in [0.5, 0.6) is 0 Å². The standard InChI is InChI=1S/C11H15N3/c1-8(2)9-3-4-12-10(7-9)11-13-5-6-14-11/h3-4,7-8H,5-6H2,1-2H3,(H,13,14). The molecule has 0 spiro atoms. The summed E-state index contributed by atoms with van der Waals surface area (Å²) in [6, 6.07) is 4.17. The molecule has 0 unspecified atom stereocenters. The molecule has 2 heterocycles. The first-order valence-electron chi connectivity index (χ1n) is 5.02. The van der Waals surface area contributed by atoms with Gasteiger partial charge in [-0.2, -0.15) is 0 Å². The van der Waals surface area contributed by atoms with Gasteiger partial charge < -0.3 is 5.32 Å². The molecule has 3 nitrogen and oxygen atoms in total. The lowest BCUT2D eigenvalue weighted by molar-refractivity contribution is 0.861. The summed E-state index contributed by atoms with van der Waals surface area (Å²) in [6.07, 6.45) is 1.85. The van der Waals surface area contributed by atoms with Gasteiger partial charge in [-0.1, -0.05) is 13.8 Å². The third kappa shape index (κ3) is 1.76. The van der Waals surface area contributed by atoms with E-state index in [1.165, 1.54) is 5.56 Å². The van der Waals surface area contributed by atoms with Crippen molar-refractivity contribution in [3.05, 3.63) is 29.6 Å². The van der Waals surface area contributed by atoms with Crippen molar-refractivity contribution in [2.45, 2.75) is 19.8 Å². The highest BCUT2D eigenvalue weighted by atomic mass is 15.1. The van der Waals surface area contributed by atoms with E-state index in [2.05, 4.69) is 41.3 Å². The van der Waals surface area contributed by atoms with E-state index in [1.54, 1.807) is 0 Å². The number of nitrogens with one attached hydrogen (secondary N) is 1. The van der Waals surface area contributed by atoms with E-state index in [0.29, 0.717) is 5.92 Å². The van der Waals surface area contributed by atoms with Crippen LogP contribution in [0.25, 0.3) is 0 Å². The lowest BCUT2D eigenvalue weighted by Gasteiger charge is -2.07. The van der Waals surface area contributed by atoms with Crippen molar-refractivity contribution < 1.29 is 0 Å². The summed E-state index contributed by atoms with van der Waals surface area (Å²) < 4.78 is 0. The third-order valence-corrected chi connectivity index (χ3v) is 2.37. The van der Waals surface area contributed by atoms with Crippen molar-refractivity contribution >= 4 is 5.84 Å². The Balaban J connectivity index is 2.30. The fourth-order valence-electron chi connectivity index (χ4n) is 1.50. The van der Waals surface area contributed by atoms with Crippen molar-refractivity contribution in [1.82, 2.24) is 10.3 Å². The van der Waals surface area contributed by atoms with Gasteiger partial charge in [-0.15, -0.1) is 0 Å². The first-order valence-corrected chi connectivity index (χ1v) is 5.02. The van der Waals surface area contributed by atoms with Gasteiger partial charge in [0, 0.05) is 12.7 Å². The van der Waals surface area contributed by atoms with Gasteiger partial charge in [0.15, 0.2) is 0 Å². The Kier molecular flexibility index (Phi) is 2.48. The van der Waals surface area contributed by atoms with Gasteiger partial charge >= 0.3 is 0 Å². The van der Waals surface area contributed by atoms with Crippen molar-refractivity contribution in [2.75, 3.05) is 13.1 Å². The number of amidine groups is 1. The molecule has 1 N–H and O–H groups in total. The molecule has 1 aliphatic rings. The van der Waals surface area contributed by atoms with Crippen LogP contribution >= 0.6 is 0 Å². The average molecular weight is 189 g/mol. The molecule has 2 rings (SSSR count). The number of aromatic nitrogens is 1. The largest absolute Gasteiger partial charge is 0.367 e. The first-order chi connectivity index (χ1) is 6.77. The maximum atomic E-state index is 4.35. The van der Waals surface area contributed by atoms with Crippen LogP contribution in [0.1, 0.15) is 31.0 Å².